The van der Waals surface area contributed by atoms with Gasteiger partial charge >= 0.3 is 0 Å². The van der Waals surface area contributed by atoms with Crippen molar-refractivity contribution in [3.8, 4) is 11.6 Å². The minimum atomic E-state index is -0.247. The minimum absolute atomic E-state index is 0.00816. The van der Waals surface area contributed by atoms with Gasteiger partial charge in [-0.25, -0.2) is 9.67 Å². The van der Waals surface area contributed by atoms with E-state index in [0.717, 1.165) is 5.69 Å². The summed E-state index contributed by atoms with van der Waals surface area (Å²) in [7, 11) is 0. The van der Waals surface area contributed by atoms with E-state index in [2.05, 4.69) is 15.2 Å². The van der Waals surface area contributed by atoms with Gasteiger partial charge in [-0.15, -0.1) is 0 Å². The van der Waals surface area contributed by atoms with Gasteiger partial charge in [0.25, 0.3) is 5.56 Å². The van der Waals surface area contributed by atoms with E-state index in [4.69, 9.17) is 0 Å². The van der Waals surface area contributed by atoms with E-state index < -0.39 is 0 Å². The summed E-state index contributed by atoms with van der Waals surface area (Å²) in [5.41, 5.74) is 2.18. The van der Waals surface area contributed by atoms with Crippen LogP contribution in [0.25, 0.3) is 16.6 Å². The predicted molar refractivity (Wildman–Crippen MR) is 113 cm³/mol. The molecule has 7 heteroatoms. The molecule has 1 N–H and O–H groups in total. The Hall–Kier alpha value is -3.74. The molecule has 2 heterocycles. The van der Waals surface area contributed by atoms with E-state index in [-0.39, 0.29) is 17.4 Å². The molecule has 0 radical (unpaired) electrons. The largest absolute Gasteiger partial charge is 0.493 e. The SMILES string of the molecule is Cc1nn(-c2ccccc2)c(O)c1C=Nn1c(C(C)C)nc2ccccc2c1=O. The highest BCUT2D eigenvalue weighted by molar-refractivity contribution is 5.84. The molecule has 0 atom stereocenters. The molecule has 0 saturated carbocycles. The van der Waals surface area contributed by atoms with Gasteiger partial charge < -0.3 is 5.11 Å². The lowest BCUT2D eigenvalue weighted by Crippen LogP contribution is -2.23. The number of nitrogens with zero attached hydrogens (tertiary/aromatic N) is 5. The first-order valence-electron chi connectivity index (χ1n) is 9.37. The molecular formula is C22H21N5O2. The molecule has 0 aliphatic heterocycles. The van der Waals surface area contributed by atoms with Crippen LogP contribution >= 0.6 is 0 Å². The van der Waals surface area contributed by atoms with Crippen LogP contribution in [0, 0.1) is 6.92 Å². The lowest BCUT2D eigenvalue weighted by atomic mass is 10.2. The van der Waals surface area contributed by atoms with Gasteiger partial charge in [0.05, 0.1) is 34.1 Å². The maximum absolute atomic E-state index is 13.0. The van der Waals surface area contributed by atoms with Gasteiger partial charge in [-0.2, -0.15) is 14.9 Å². The van der Waals surface area contributed by atoms with Gasteiger partial charge in [0.15, 0.2) is 0 Å². The second-order valence-corrected chi connectivity index (χ2v) is 7.07. The Morgan fingerprint density at radius 2 is 1.76 bits per heavy atom. The molecule has 0 aliphatic rings. The summed E-state index contributed by atoms with van der Waals surface area (Å²) >= 11 is 0. The molecule has 4 aromatic rings. The van der Waals surface area contributed by atoms with Crippen molar-refractivity contribution in [2.45, 2.75) is 26.7 Å². The number of fused-ring (bicyclic) bond motifs is 1. The van der Waals surface area contributed by atoms with Crippen molar-refractivity contribution in [2.75, 3.05) is 0 Å². The maximum Gasteiger partial charge on any atom is 0.282 e. The van der Waals surface area contributed by atoms with Crippen LogP contribution in [-0.4, -0.2) is 30.8 Å². The van der Waals surface area contributed by atoms with Crippen molar-refractivity contribution in [3.63, 3.8) is 0 Å². The lowest BCUT2D eigenvalue weighted by Gasteiger charge is -2.11. The molecule has 0 fully saturated rings. The Labute approximate surface area is 167 Å². The second-order valence-electron chi connectivity index (χ2n) is 7.07. The third-order valence-corrected chi connectivity index (χ3v) is 4.68. The van der Waals surface area contributed by atoms with E-state index >= 15 is 0 Å². The molecule has 0 spiro atoms. The number of rotatable bonds is 4. The van der Waals surface area contributed by atoms with Crippen molar-refractivity contribution < 1.29 is 5.11 Å². The van der Waals surface area contributed by atoms with Gasteiger partial charge in [-0.05, 0) is 31.2 Å². The van der Waals surface area contributed by atoms with Gasteiger partial charge in [0.1, 0.15) is 5.82 Å². The van der Waals surface area contributed by atoms with Crippen molar-refractivity contribution in [1.29, 1.82) is 0 Å². The first-order valence-corrected chi connectivity index (χ1v) is 9.37. The summed E-state index contributed by atoms with van der Waals surface area (Å²) in [5.74, 6) is 0.508. The van der Waals surface area contributed by atoms with Gasteiger partial charge in [-0.3, -0.25) is 4.79 Å². The van der Waals surface area contributed by atoms with Crippen LogP contribution in [0.3, 0.4) is 0 Å². The minimum Gasteiger partial charge on any atom is -0.493 e. The van der Waals surface area contributed by atoms with Gasteiger partial charge in [0, 0.05) is 5.92 Å². The highest BCUT2D eigenvalue weighted by atomic mass is 16.3. The summed E-state index contributed by atoms with van der Waals surface area (Å²) in [6.07, 6.45) is 1.46. The monoisotopic (exact) mass is 387 g/mol. The van der Waals surface area contributed by atoms with Gasteiger partial charge in [0.2, 0.25) is 5.88 Å². The van der Waals surface area contributed by atoms with Crippen LogP contribution < -0.4 is 5.56 Å². The smallest absolute Gasteiger partial charge is 0.282 e. The van der Waals surface area contributed by atoms with Crippen molar-refractivity contribution in [1.82, 2.24) is 19.4 Å². The molecule has 2 aromatic heterocycles. The Morgan fingerprint density at radius 1 is 1.07 bits per heavy atom. The van der Waals surface area contributed by atoms with Crippen molar-refractivity contribution >= 4 is 17.1 Å². The number of aryl methyl sites for hydroxylation is 1. The zero-order valence-electron chi connectivity index (χ0n) is 16.4. The third-order valence-electron chi connectivity index (χ3n) is 4.68. The van der Waals surface area contributed by atoms with Crippen LogP contribution in [-0.2, 0) is 0 Å². The molecule has 7 nitrogen and oxygen atoms in total. The summed E-state index contributed by atoms with van der Waals surface area (Å²) in [6.45, 7) is 5.70. The molecule has 2 aromatic carbocycles. The van der Waals surface area contributed by atoms with E-state index in [1.165, 1.54) is 15.6 Å². The van der Waals surface area contributed by atoms with Crippen molar-refractivity contribution in [3.05, 3.63) is 82.0 Å². The lowest BCUT2D eigenvalue weighted by molar-refractivity contribution is 0.433. The molecule has 0 aliphatic carbocycles. The Morgan fingerprint density at radius 3 is 2.48 bits per heavy atom. The average molecular weight is 387 g/mol. The summed E-state index contributed by atoms with van der Waals surface area (Å²) in [5, 5.41) is 19.9. The molecule has 0 amide bonds. The standard InChI is InChI=1S/C22H21N5O2/c1-14(2)20-24-19-12-8-7-11-17(19)21(28)27(20)23-13-18-15(3)25-26(22(18)29)16-9-5-4-6-10-16/h4-14,29H,1-3H3. The first-order chi connectivity index (χ1) is 14.0. The summed E-state index contributed by atoms with van der Waals surface area (Å²) in [4.78, 5) is 17.6. The van der Waals surface area contributed by atoms with E-state index in [0.29, 0.717) is 28.0 Å². The fourth-order valence-electron chi connectivity index (χ4n) is 3.17. The maximum atomic E-state index is 13.0. The van der Waals surface area contributed by atoms with Crippen molar-refractivity contribution in [2.24, 2.45) is 5.10 Å². The van der Waals surface area contributed by atoms with Crippen LogP contribution in [0.5, 0.6) is 5.88 Å². The van der Waals surface area contributed by atoms with E-state index in [1.54, 1.807) is 19.1 Å². The number of hydrogen-bond donors (Lipinski definition) is 1. The molecular weight excluding hydrogens is 366 g/mol. The normalized spacial score (nSPS) is 11.7. The number of aromatic hydroxyl groups is 1. The summed E-state index contributed by atoms with van der Waals surface area (Å²) in [6, 6.07) is 16.5. The highest BCUT2D eigenvalue weighted by Gasteiger charge is 2.16. The Balaban J connectivity index is 1.84. The van der Waals surface area contributed by atoms with Crippen LogP contribution in [0.4, 0.5) is 0 Å². The summed E-state index contributed by atoms with van der Waals surface area (Å²) < 4.78 is 2.74. The number of para-hydroxylation sites is 2. The average Bonchev–Trinajstić information content (AvgIpc) is 3.01. The number of aromatic nitrogens is 4. The van der Waals surface area contributed by atoms with Crippen LogP contribution in [0.1, 0.15) is 36.8 Å². The molecule has 29 heavy (non-hydrogen) atoms. The number of benzene rings is 2. The number of hydrogen-bond acceptors (Lipinski definition) is 5. The Kier molecular flexibility index (Phi) is 4.72. The van der Waals surface area contributed by atoms with Crippen LogP contribution in [0.15, 0.2) is 64.5 Å². The van der Waals surface area contributed by atoms with E-state index in [9.17, 15) is 9.90 Å². The fourth-order valence-corrected chi connectivity index (χ4v) is 3.17. The zero-order chi connectivity index (χ0) is 20.5. The van der Waals surface area contributed by atoms with E-state index in [1.807, 2.05) is 56.3 Å². The quantitative estimate of drug-likeness (QED) is 0.542. The predicted octanol–water partition coefficient (Wildman–Crippen LogP) is 3.60. The van der Waals surface area contributed by atoms with Gasteiger partial charge in [-0.1, -0.05) is 44.2 Å². The third kappa shape index (κ3) is 3.31. The fraction of sp³-hybridized carbons (Fsp3) is 0.182. The molecule has 0 bridgehead atoms. The molecule has 4 rings (SSSR count). The topological polar surface area (TPSA) is 85.3 Å². The Bertz CT molecular complexity index is 1270. The molecule has 0 saturated heterocycles. The highest BCUT2D eigenvalue weighted by Crippen LogP contribution is 2.23. The zero-order valence-corrected chi connectivity index (χ0v) is 16.4. The van der Waals surface area contributed by atoms with Crippen LogP contribution in [0.2, 0.25) is 0 Å². The first kappa shape index (κ1) is 18.6. The molecule has 146 valence electrons. The second kappa shape index (κ2) is 7.35. The molecule has 0 unspecified atom stereocenters.